The largest absolute Gasteiger partial charge is 0.362 e. The molecule has 2 aromatic heterocycles. The lowest BCUT2D eigenvalue weighted by molar-refractivity contribution is 0.384. The van der Waals surface area contributed by atoms with Gasteiger partial charge in [0.1, 0.15) is 5.82 Å². The molecule has 0 bridgehead atoms. The Hall–Kier alpha value is -2.36. The highest BCUT2D eigenvalue weighted by Crippen LogP contribution is 2.20. The number of aromatic nitrogens is 2. The molecule has 4 nitrogen and oxygen atoms in total. The summed E-state index contributed by atoms with van der Waals surface area (Å²) in [4.78, 5) is 4.36. The minimum absolute atomic E-state index is 0.585. The molecule has 0 saturated heterocycles. The summed E-state index contributed by atoms with van der Waals surface area (Å²) in [6, 6.07) is 12.1. The van der Waals surface area contributed by atoms with Crippen LogP contribution in [-0.4, -0.2) is 10.1 Å². The van der Waals surface area contributed by atoms with E-state index in [9.17, 15) is 0 Å². The number of anilines is 1. The third-order valence-corrected chi connectivity index (χ3v) is 2.78. The van der Waals surface area contributed by atoms with Crippen molar-refractivity contribution in [1.82, 2.24) is 10.1 Å². The molecule has 0 atom stereocenters. The second-order valence-corrected chi connectivity index (χ2v) is 4.17. The van der Waals surface area contributed by atoms with Crippen LogP contribution in [-0.2, 0) is 6.54 Å². The first-order valence-corrected chi connectivity index (χ1v) is 5.83. The molecule has 0 fully saturated rings. The van der Waals surface area contributed by atoms with E-state index >= 15 is 0 Å². The third-order valence-electron chi connectivity index (χ3n) is 2.78. The van der Waals surface area contributed by atoms with Gasteiger partial charge in [-0.1, -0.05) is 29.4 Å². The summed E-state index contributed by atoms with van der Waals surface area (Å²) < 4.78 is 5.16. The summed E-state index contributed by atoms with van der Waals surface area (Å²) in [7, 11) is 0. The molecule has 0 saturated carbocycles. The Labute approximate surface area is 105 Å². The van der Waals surface area contributed by atoms with E-state index in [1.54, 1.807) is 6.20 Å². The Kier molecular flexibility index (Phi) is 2.68. The van der Waals surface area contributed by atoms with Crippen molar-refractivity contribution >= 4 is 16.6 Å². The second kappa shape index (κ2) is 4.49. The Morgan fingerprint density at radius 3 is 2.94 bits per heavy atom. The van der Waals surface area contributed by atoms with E-state index in [-0.39, 0.29) is 0 Å². The number of aryl methyl sites for hydroxylation is 1. The summed E-state index contributed by atoms with van der Waals surface area (Å²) in [5.41, 5.74) is 0.887. The van der Waals surface area contributed by atoms with Gasteiger partial charge in [0.2, 0.25) is 0 Å². The maximum Gasteiger partial charge on any atom is 0.156 e. The number of hydrogen-bond donors (Lipinski definition) is 1. The molecular formula is C14H13N3O. The molecule has 3 rings (SSSR count). The predicted molar refractivity (Wildman–Crippen MR) is 70.3 cm³/mol. The first kappa shape index (κ1) is 10.8. The molecular weight excluding hydrogens is 226 g/mol. The van der Waals surface area contributed by atoms with Crippen molar-refractivity contribution in [3.8, 4) is 0 Å². The highest BCUT2D eigenvalue weighted by atomic mass is 16.5. The van der Waals surface area contributed by atoms with Crippen molar-refractivity contribution in [1.29, 1.82) is 0 Å². The lowest BCUT2D eigenvalue weighted by atomic mass is 10.1. The number of hydrogen-bond acceptors (Lipinski definition) is 4. The number of rotatable bonds is 3. The minimum Gasteiger partial charge on any atom is -0.362 e. The predicted octanol–water partition coefficient (Wildman–Crippen LogP) is 3.14. The van der Waals surface area contributed by atoms with Crippen LogP contribution in [0, 0.1) is 6.92 Å². The van der Waals surface area contributed by atoms with Crippen LogP contribution in [0.1, 0.15) is 11.5 Å². The van der Waals surface area contributed by atoms with Gasteiger partial charge in [-0.25, -0.2) is 4.98 Å². The SMILES string of the molecule is Cc1cc(CNc2nccc3ccccc23)on1. The van der Waals surface area contributed by atoms with Gasteiger partial charge in [0.05, 0.1) is 12.2 Å². The molecule has 90 valence electrons. The van der Waals surface area contributed by atoms with E-state index in [0.29, 0.717) is 6.54 Å². The number of nitrogens with one attached hydrogen (secondary N) is 1. The minimum atomic E-state index is 0.585. The van der Waals surface area contributed by atoms with Crippen LogP contribution in [0.25, 0.3) is 10.8 Å². The molecule has 1 N–H and O–H groups in total. The summed E-state index contributed by atoms with van der Waals surface area (Å²) in [6.45, 7) is 2.49. The molecule has 0 spiro atoms. The van der Waals surface area contributed by atoms with E-state index in [1.165, 1.54) is 5.39 Å². The number of fused-ring (bicyclic) bond motifs is 1. The van der Waals surface area contributed by atoms with E-state index in [2.05, 4.69) is 27.6 Å². The maximum atomic E-state index is 5.16. The van der Waals surface area contributed by atoms with Gasteiger partial charge in [0.15, 0.2) is 5.76 Å². The van der Waals surface area contributed by atoms with Gasteiger partial charge in [0.25, 0.3) is 0 Å². The average Bonchev–Trinajstić information content (AvgIpc) is 2.82. The Morgan fingerprint density at radius 2 is 2.11 bits per heavy atom. The average molecular weight is 239 g/mol. The zero-order chi connectivity index (χ0) is 12.4. The fourth-order valence-electron chi connectivity index (χ4n) is 1.93. The van der Waals surface area contributed by atoms with Crippen molar-refractivity contribution in [2.24, 2.45) is 0 Å². The van der Waals surface area contributed by atoms with E-state index in [0.717, 1.165) is 22.7 Å². The first-order valence-electron chi connectivity index (χ1n) is 5.83. The molecule has 0 amide bonds. The van der Waals surface area contributed by atoms with Gasteiger partial charge in [-0.2, -0.15) is 0 Å². The molecule has 0 aliphatic heterocycles. The van der Waals surface area contributed by atoms with Gasteiger partial charge >= 0.3 is 0 Å². The van der Waals surface area contributed by atoms with Crippen molar-refractivity contribution < 1.29 is 4.52 Å². The summed E-state index contributed by atoms with van der Waals surface area (Å²) in [5, 5.41) is 9.41. The topological polar surface area (TPSA) is 51.0 Å². The standard InChI is InChI=1S/C14H13N3O/c1-10-8-12(18-17-10)9-16-14-13-5-3-2-4-11(13)6-7-15-14/h2-8H,9H2,1H3,(H,15,16). The zero-order valence-electron chi connectivity index (χ0n) is 10.1. The normalized spacial score (nSPS) is 10.7. The molecule has 1 aromatic carbocycles. The van der Waals surface area contributed by atoms with Crippen LogP contribution in [0.4, 0.5) is 5.82 Å². The van der Waals surface area contributed by atoms with Crippen LogP contribution in [0.5, 0.6) is 0 Å². The van der Waals surface area contributed by atoms with Crippen LogP contribution in [0.3, 0.4) is 0 Å². The Bertz CT molecular complexity index is 670. The number of nitrogens with zero attached hydrogens (tertiary/aromatic N) is 2. The second-order valence-electron chi connectivity index (χ2n) is 4.17. The number of benzene rings is 1. The van der Waals surface area contributed by atoms with Crippen molar-refractivity contribution in [2.75, 3.05) is 5.32 Å². The van der Waals surface area contributed by atoms with Crippen LogP contribution >= 0.6 is 0 Å². The Balaban J connectivity index is 1.86. The molecule has 0 unspecified atom stereocenters. The maximum absolute atomic E-state index is 5.16. The fourth-order valence-corrected chi connectivity index (χ4v) is 1.93. The summed E-state index contributed by atoms with van der Waals surface area (Å²) in [6.07, 6.45) is 1.80. The van der Waals surface area contributed by atoms with Crippen LogP contribution in [0.2, 0.25) is 0 Å². The smallest absolute Gasteiger partial charge is 0.156 e. The highest BCUT2D eigenvalue weighted by Gasteiger charge is 2.04. The van der Waals surface area contributed by atoms with Crippen molar-refractivity contribution in [2.45, 2.75) is 13.5 Å². The lowest BCUT2D eigenvalue weighted by Crippen LogP contribution is -2.00. The van der Waals surface area contributed by atoms with E-state index in [1.807, 2.05) is 31.2 Å². The molecule has 0 radical (unpaired) electrons. The fraction of sp³-hybridized carbons (Fsp3) is 0.143. The zero-order valence-corrected chi connectivity index (χ0v) is 10.1. The monoisotopic (exact) mass is 239 g/mol. The number of pyridine rings is 1. The molecule has 18 heavy (non-hydrogen) atoms. The van der Waals surface area contributed by atoms with Crippen molar-refractivity contribution in [3.05, 3.63) is 54.0 Å². The van der Waals surface area contributed by atoms with Crippen molar-refractivity contribution in [3.63, 3.8) is 0 Å². The molecule has 0 aliphatic carbocycles. The Morgan fingerprint density at radius 1 is 1.22 bits per heavy atom. The third kappa shape index (κ3) is 2.05. The summed E-state index contributed by atoms with van der Waals surface area (Å²) in [5.74, 6) is 1.67. The highest BCUT2D eigenvalue weighted by molar-refractivity contribution is 5.91. The molecule has 0 aliphatic rings. The lowest BCUT2D eigenvalue weighted by Gasteiger charge is -2.06. The first-order chi connectivity index (χ1) is 8.83. The van der Waals surface area contributed by atoms with E-state index in [4.69, 9.17) is 4.52 Å². The van der Waals surface area contributed by atoms with Gasteiger partial charge < -0.3 is 9.84 Å². The quantitative estimate of drug-likeness (QED) is 0.762. The molecule has 4 heteroatoms. The summed E-state index contributed by atoms with van der Waals surface area (Å²) >= 11 is 0. The van der Waals surface area contributed by atoms with Gasteiger partial charge in [-0.15, -0.1) is 0 Å². The molecule has 3 aromatic rings. The van der Waals surface area contributed by atoms with Gasteiger partial charge in [-0.3, -0.25) is 0 Å². The molecule has 2 heterocycles. The van der Waals surface area contributed by atoms with Gasteiger partial charge in [-0.05, 0) is 18.4 Å². The van der Waals surface area contributed by atoms with E-state index < -0.39 is 0 Å². The van der Waals surface area contributed by atoms with Crippen LogP contribution in [0.15, 0.2) is 47.1 Å². The van der Waals surface area contributed by atoms with Crippen LogP contribution < -0.4 is 5.32 Å². The van der Waals surface area contributed by atoms with Gasteiger partial charge in [0, 0.05) is 17.6 Å².